The number of nitriles is 1. The Kier molecular flexibility index (Phi) is 9.63. The molecular weight excluding hydrogens is 580 g/mol. The molecule has 0 aliphatic rings. The number of carbonyl (C=O) groups excluding carboxylic acids is 1. The van der Waals surface area contributed by atoms with Crippen molar-refractivity contribution in [2.45, 2.75) is 13.2 Å². The van der Waals surface area contributed by atoms with E-state index in [0.29, 0.717) is 46.7 Å². The van der Waals surface area contributed by atoms with Crippen LogP contribution in [0.2, 0.25) is 5.02 Å². The lowest BCUT2D eigenvalue weighted by Crippen LogP contribution is -2.13. The van der Waals surface area contributed by atoms with Crippen LogP contribution in [0.25, 0.3) is 6.08 Å². The quantitative estimate of drug-likeness (QED) is 0.148. The number of methoxy groups -OCH3 is 1. The molecule has 0 atom stereocenters. The molecule has 39 heavy (non-hydrogen) atoms. The minimum atomic E-state index is -0.526. The molecule has 196 valence electrons. The van der Waals surface area contributed by atoms with E-state index in [9.17, 15) is 10.1 Å². The van der Waals surface area contributed by atoms with Gasteiger partial charge in [0, 0.05) is 15.2 Å². The number of benzene rings is 4. The Bertz CT molecular complexity index is 1500. The number of rotatable bonds is 10. The van der Waals surface area contributed by atoms with Crippen LogP contribution in [-0.4, -0.2) is 13.0 Å². The third-order valence-electron chi connectivity index (χ3n) is 5.60. The van der Waals surface area contributed by atoms with Gasteiger partial charge in [0.1, 0.15) is 30.6 Å². The third-order valence-corrected chi connectivity index (χ3v) is 6.38. The second-order valence-electron chi connectivity index (χ2n) is 8.39. The molecule has 0 radical (unpaired) electrons. The number of carbonyl (C=O) groups is 1. The van der Waals surface area contributed by atoms with Crippen LogP contribution < -0.4 is 19.5 Å². The van der Waals surface area contributed by atoms with Crippen molar-refractivity contribution in [2.75, 3.05) is 12.4 Å². The number of hydrogen-bond donors (Lipinski definition) is 1. The number of hydrogen-bond acceptors (Lipinski definition) is 5. The number of nitrogens with one attached hydrogen (secondary N) is 1. The van der Waals surface area contributed by atoms with E-state index in [2.05, 4.69) is 21.2 Å². The van der Waals surface area contributed by atoms with Crippen molar-refractivity contribution in [1.82, 2.24) is 0 Å². The SMILES string of the molecule is COc1cc(/C=C(\C#N)C(=O)Nc2ccc(OCc3ccc(Cl)cc3)cc2)ccc1OCc1ccc(Br)cc1. The molecule has 0 aliphatic heterocycles. The van der Waals surface area contributed by atoms with Gasteiger partial charge in [0.25, 0.3) is 5.91 Å². The first-order valence-corrected chi connectivity index (χ1v) is 13.1. The summed E-state index contributed by atoms with van der Waals surface area (Å²) in [6.45, 7) is 0.761. The Morgan fingerprint density at radius 2 is 1.54 bits per heavy atom. The third kappa shape index (κ3) is 8.11. The number of amides is 1. The van der Waals surface area contributed by atoms with Crippen molar-refractivity contribution in [2.24, 2.45) is 0 Å². The van der Waals surface area contributed by atoms with Gasteiger partial charge in [-0.2, -0.15) is 5.26 Å². The molecule has 0 spiro atoms. The molecule has 0 heterocycles. The predicted octanol–water partition coefficient (Wildman–Crippen LogP) is 7.81. The van der Waals surface area contributed by atoms with Gasteiger partial charge in [0.15, 0.2) is 11.5 Å². The number of anilines is 1. The van der Waals surface area contributed by atoms with Crippen LogP contribution in [0.3, 0.4) is 0 Å². The van der Waals surface area contributed by atoms with Crippen LogP contribution in [-0.2, 0) is 18.0 Å². The highest BCUT2D eigenvalue weighted by molar-refractivity contribution is 9.10. The lowest BCUT2D eigenvalue weighted by Gasteiger charge is -2.12. The molecule has 0 aliphatic carbocycles. The predicted molar refractivity (Wildman–Crippen MR) is 156 cm³/mol. The number of nitrogens with zero attached hydrogens (tertiary/aromatic N) is 1. The van der Waals surface area contributed by atoms with E-state index in [-0.39, 0.29) is 5.57 Å². The highest BCUT2D eigenvalue weighted by Gasteiger charge is 2.12. The van der Waals surface area contributed by atoms with Crippen LogP contribution in [0.1, 0.15) is 16.7 Å². The smallest absolute Gasteiger partial charge is 0.266 e. The van der Waals surface area contributed by atoms with E-state index in [1.807, 2.05) is 54.6 Å². The Morgan fingerprint density at radius 1 is 0.897 bits per heavy atom. The summed E-state index contributed by atoms with van der Waals surface area (Å²) in [6, 6.07) is 29.4. The van der Waals surface area contributed by atoms with Gasteiger partial charge in [-0.25, -0.2) is 0 Å². The van der Waals surface area contributed by atoms with E-state index in [0.717, 1.165) is 15.6 Å². The van der Waals surface area contributed by atoms with E-state index in [1.54, 1.807) is 42.5 Å². The molecule has 8 heteroatoms. The summed E-state index contributed by atoms with van der Waals surface area (Å²) in [5.74, 6) is 1.17. The Balaban J connectivity index is 1.37. The normalized spacial score (nSPS) is 10.9. The molecule has 0 saturated heterocycles. The van der Waals surface area contributed by atoms with E-state index < -0.39 is 5.91 Å². The van der Waals surface area contributed by atoms with Crippen LogP contribution in [0.15, 0.2) is 101 Å². The molecule has 6 nitrogen and oxygen atoms in total. The van der Waals surface area contributed by atoms with Crippen molar-refractivity contribution in [3.63, 3.8) is 0 Å². The van der Waals surface area contributed by atoms with Gasteiger partial charge in [-0.1, -0.05) is 57.9 Å². The summed E-state index contributed by atoms with van der Waals surface area (Å²) in [6.07, 6.45) is 1.50. The largest absolute Gasteiger partial charge is 0.493 e. The average Bonchev–Trinajstić information content (AvgIpc) is 2.96. The highest BCUT2D eigenvalue weighted by atomic mass is 79.9. The zero-order chi connectivity index (χ0) is 27.6. The molecule has 0 saturated carbocycles. The van der Waals surface area contributed by atoms with E-state index in [4.69, 9.17) is 25.8 Å². The summed E-state index contributed by atoms with van der Waals surface area (Å²) >= 11 is 9.33. The molecule has 4 aromatic carbocycles. The van der Waals surface area contributed by atoms with Gasteiger partial charge >= 0.3 is 0 Å². The van der Waals surface area contributed by atoms with Crippen LogP contribution in [0.5, 0.6) is 17.2 Å². The van der Waals surface area contributed by atoms with Gasteiger partial charge < -0.3 is 19.5 Å². The van der Waals surface area contributed by atoms with E-state index in [1.165, 1.54) is 13.2 Å². The summed E-state index contributed by atoms with van der Waals surface area (Å²) in [5.41, 5.74) is 3.11. The second-order valence-corrected chi connectivity index (χ2v) is 9.74. The van der Waals surface area contributed by atoms with Gasteiger partial charge in [-0.3, -0.25) is 4.79 Å². The zero-order valence-corrected chi connectivity index (χ0v) is 23.3. The molecule has 4 rings (SSSR count). The van der Waals surface area contributed by atoms with Gasteiger partial charge in [-0.15, -0.1) is 0 Å². The highest BCUT2D eigenvalue weighted by Crippen LogP contribution is 2.30. The average molecular weight is 604 g/mol. The topological polar surface area (TPSA) is 80.6 Å². The van der Waals surface area contributed by atoms with Gasteiger partial charge in [0.05, 0.1) is 7.11 Å². The van der Waals surface area contributed by atoms with Crippen molar-refractivity contribution in [1.29, 1.82) is 5.26 Å². The second kappa shape index (κ2) is 13.5. The van der Waals surface area contributed by atoms with Crippen LogP contribution in [0.4, 0.5) is 5.69 Å². The van der Waals surface area contributed by atoms with E-state index >= 15 is 0 Å². The lowest BCUT2D eigenvalue weighted by molar-refractivity contribution is -0.112. The van der Waals surface area contributed by atoms with Crippen molar-refractivity contribution < 1.29 is 19.0 Å². The van der Waals surface area contributed by atoms with Crippen molar-refractivity contribution in [3.8, 4) is 23.3 Å². The zero-order valence-electron chi connectivity index (χ0n) is 21.0. The van der Waals surface area contributed by atoms with Crippen LogP contribution >= 0.6 is 27.5 Å². The fourth-order valence-electron chi connectivity index (χ4n) is 3.53. The molecule has 0 bridgehead atoms. The maximum atomic E-state index is 12.8. The van der Waals surface area contributed by atoms with Gasteiger partial charge in [0.2, 0.25) is 0 Å². The van der Waals surface area contributed by atoms with Crippen molar-refractivity contribution >= 4 is 45.2 Å². The summed E-state index contributed by atoms with van der Waals surface area (Å²) in [4.78, 5) is 12.8. The van der Waals surface area contributed by atoms with Crippen molar-refractivity contribution in [3.05, 3.63) is 123 Å². The molecule has 0 fully saturated rings. The summed E-state index contributed by atoms with van der Waals surface area (Å²) in [7, 11) is 1.54. The first-order valence-electron chi connectivity index (χ1n) is 11.9. The first kappa shape index (κ1) is 27.8. The Hall–Kier alpha value is -4.25. The fourth-order valence-corrected chi connectivity index (χ4v) is 3.92. The molecule has 0 unspecified atom stereocenters. The Morgan fingerprint density at radius 3 is 2.18 bits per heavy atom. The lowest BCUT2D eigenvalue weighted by atomic mass is 10.1. The Labute approximate surface area is 240 Å². The maximum absolute atomic E-state index is 12.8. The summed E-state index contributed by atoms with van der Waals surface area (Å²) in [5, 5.41) is 13.0. The number of ether oxygens (including phenoxy) is 3. The minimum Gasteiger partial charge on any atom is -0.493 e. The van der Waals surface area contributed by atoms with Crippen LogP contribution in [0, 0.1) is 11.3 Å². The molecule has 1 N–H and O–H groups in total. The monoisotopic (exact) mass is 602 g/mol. The standard InChI is InChI=1S/C31H24BrClN2O4/c1-37-30-17-23(6-15-29(30)39-20-21-2-7-25(32)8-3-21)16-24(18-34)31(36)35-27-11-13-28(14-12-27)38-19-22-4-9-26(33)10-5-22/h2-17H,19-20H2,1H3,(H,35,36)/b24-16+. The molecule has 1 amide bonds. The first-order chi connectivity index (χ1) is 18.9. The summed E-state index contributed by atoms with van der Waals surface area (Å²) < 4.78 is 18.1. The maximum Gasteiger partial charge on any atom is 0.266 e. The van der Waals surface area contributed by atoms with Gasteiger partial charge in [-0.05, 0) is 83.4 Å². The molecule has 4 aromatic rings. The molecular formula is C31H24BrClN2O4. The number of halogens is 2. The fraction of sp³-hybridized carbons (Fsp3) is 0.0968. The minimum absolute atomic E-state index is 0.0522. The molecule has 0 aromatic heterocycles.